The topological polar surface area (TPSA) is 97.9 Å². The molecule has 0 aromatic carbocycles. The number of unbranched alkanes of at least 4 members (excludes halogenated alkanes) is 1. The molecule has 0 atom stereocenters. The second-order valence-corrected chi connectivity index (χ2v) is 14.0. The summed E-state index contributed by atoms with van der Waals surface area (Å²) in [6, 6.07) is 0. The predicted octanol–water partition coefficient (Wildman–Crippen LogP) is 1.90. The van der Waals surface area contributed by atoms with Gasteiger partial charge in [0.25, 0.3) is 0 Å². The zero-order valence-electron chi connectivity index (χ0n) is 28.4. The van der Waals surface area contributed by atoms with Gasteiger partial charge in [-0.2, -0.15) is 0 Å². The van der Waals surface area contributed by atoms with Gasteiger partial charge >= 0.3 is 11.9 Å². The van der Waals surface area contributed by atoms with Crippen LogP contribution in [0.2, 0.25) is 0 Å². The van der Waals surface area contributed by atoms with Crippen molar-refractivity contribution >= 4 is 17.8 Å². The van der Waals surface area contributed by atoms with E-state index in [0.29, 0.717) is 26.1 Å². The SMILES string of the molecule is CCCCN1CCN(CCCC(=O)N2CCNCC2)CCN(CC(=O)OC(C)(C)C)CCN(CC(=O)OC(C)(C)C)CC1. The van der Waals surface area contributed by atoms with E-state index in [2.05, 4.69) is 31.8 Å². The third-order valence-corrected chi connectivity index (χ3v) is 7.64. The Hall–Kier alpha value is -1.79. The lowest BCUT2D eigenvalue weighted by Crippen LogP contribution is -2.49. The first-order valence-electron chi connectivity index (χ1n) is 16.6. The van der Waals surface area contributed by atoms with Crippen molar-refractivity contribution in [2.24, 2.45) is 0 Å². The highest BCUT2D eigenvalue weighted by Gasteiger charge is 2.24. The van der Waals surface area contributed by atoms with E-state index >= 15 is 0 Å². The van der Waals surface area contributed by atoms with Gasteiger partial charge in [-0.25, -0.2) is 0 Å². The number of rotatable bonds is 11. The normalized spacial score (nSPS) is 19.8. The van der Waals surface area contributed by atoms with Gasteiger partial charge in [0.15, 0.2) is 0 Å². The minimum Gasteiger partial charge on any atom is -0.459 e. The molecule has 43 heavy (non-hydrogen) atoms. The number of piperazine rings is 1. The average Bonchev–Trinajstić information content (AvgIpc) is 2.90. The number of esters is 2. The Morgan fingerprint density at radius 3 is 1.40 bits per heavy atom. The first-order valence-corrected chi connectivity index (χ1v) is 16.6. The molecule has 0 spiro atoms. The molecule has 0 aromatic heterocycles. The maximum Gasteiger partial charge on any atom is 0.320 e. The Bertz CT molecular complexity index is 837. The van der Waals surface area contributed by atoms with E-state index in [4.69, 9.17) is 9.47 Å². The van der Waals surface area contributed by atoms with Crippen molar-refractivity contribution < 1.29 is 23.9 Å². The van der Waals surface area contributed by atoms with Crippen LogP contribution in [0.1, 0.15) is 74.1 Å². The molecule has 2 saturated heterocycles. The molecule has 2 aliphatic heterocycles. The first-order chi connectivity index (χ1) is 20.2. The fourth-order valence-corrected chi connectivity index (χ4v) is 5.36. The van der Waals surface area contributed by atoms with Crippen LogP contribution in [0.15, 0.2) is 0 Å². The first kappa shape index (κ1) is 37.4. The number of carbonyl (C=O) groups excluding carboxylic acids is 3. The maximum atomic E-state index is 12.8. The Kier molecular flexibility index (Phi) is 16.4. The summed E-state index contributed by atoms with van der Waals surface area (Å²) in [5.41, 5.74) is -1.07. The van der Waals surface area contributed by atoms with Crippen LogP contribution in [0.5, 0.6) is 0 Å². The van der Waals surface area contributed by atoms with Crippen LogP contribution in [-0.4, -0.2) is 158 Å². The Balaban J connectivity index is 2.11. The van der Waals surface area contributed by atoms with Crippen LogP contribution in [0, 0.1) is 0 Å². The molecule has 2 rings (SSSR count). The third-order valence-electron chi connectivity index (χ3n) is 7.64. The number of amides is 1. The van der Waals surface area contributed by atoms with Crippen LogP contribution in [0.25, 0.3) is 0 Å². The van der Waals surface area contributed by atoms with Gasteiger partial charge in [0.2, 0.25) is 5.91 Å². The highest BCUT2D eigenvalue weighted by molar-refractivity contribution is 5.76. The summed E-state index contributed by atoms with van der Waals surface area (Å²) in [7, 11) is 0. The second kappa shape index (κ2) is 18.9. The Morgan fingerprint density at radius 2 is 1.00 bits per heavy atom. The molecule has 0 unspecified atom stereocenters. The fraction of sp³-hybridized carbons (Fsp3) is 0.906. The highest BCUT2D eigenvalue weighted by atomic mass is 16.6. The fourth-order valence-electron chi connectivity index (χ4n) is 5.36. The molecule has 0 bridgehead atoms. The lowest BCUT2D eigenvalue weighted by molar-refractivity contribution is -0.158. The molecule has 1 amide bonds. The largest absolute Gasteiger partial charge is 0.459 e. The van der Waals surface area contributed by atoms with E-state index in [1.165, 1.54) is 0 Å². The third kappa shape index (κ3) is 17.3. The number of nitrogens with one attached hydrogen (secondary N) is 1. The van der Waals surface area contributed by atoms with Crippen LogP contribution >= 0.6 is 0 Å². The molecule has 0 saturated carbocycles. The lowest BCUT2D eigenvalue weighted by atomic mass is 10.2. The van der Waals surface area contributed by atoms with Gasteiger partial charge in [-0.1, -0.05) is 13.3 Å². The Labute approximate surface area is 261 Å². The Morgan fingerprint density at radius 1 is 0.605 bits per heavy atom. The van der Waals surface area contributed by atoms with Crippen LogP contribution in [0.3, 0.4) is 0 Å². The van der Waals surface area contributed by atoms with E-state index in [-0.39, 0.29) is 30.9 Å². The number of carbonyl (C=O) groups is 3. The molecule has 250 valence electrons. The van der Waals surface area contributed by atoms with Crippen LogP contribution < -0.4 is 5.32 Å². The summed E-state index contributed by atoms with van der Waals surface area (Å²) >= 11 is 0. The van der Waals surface area contributed by atoms with Gasteiger partial charge in [-0.3, -0.25) is 24.2 Å². The summed E-state index contributed by atoms with van der Waals surface area (Å²) in [5.74, 6) is -0.214. The van der Waals surface area contributed by atoms with E-state index in [1.807, 2.05) is 46.4 Å². The summed E-state index contributed by atoms with van der Waals surface area (Å²) in [5, 5.41) is 3.31. The van der Waals surface area contributed by atoms with Crippen molar-refractivity contribution in [3.05, 3.63) is 0 Å². The van der Waals surface area contributed by atoms with E-state index in [9.17, 15) is 14.4 Å². The van der Waals surface area contributed by atoms with Crippen LogP contribution in [0.4, 0.5) is 0 Å². The van der Waals surface area contributed by atoms with E-state index in [0.717, 1.165) is 91.3 Å². The second-order valence-electron chi connectivity index (χ2n) is 14.0. The average molecular weight is 611 g/mol. The van der Waals surface area contributed by atoms with Crippen LogP contribution in [-0.2, 0) is 23.9 Å². The van der Waals surface area contributed by atoms with Gasteiger partial charge in [-0.15, -0.1) is 0 Å². The minimum atomic E-state index is -0.544. The molecule has 11 heteroatoms. The molecular weight excluding hydrogens is 548 g/mol. The number of hydrogen-bond acceptors (Lipinski definition) is 10. The zero-order valence-corrected chi connectivity index (χ0v) is 28.4. The van der Waals surface area contributed by atoms with Crippen molar-refractivity contribution in [2.45, 2.75) is 85.4 Å². The summed E-state index contributed by atoms with van der Waals surface area (Å²) in [6.07, 6.45) is 3.66. The molecule has 2 heterocycles. The maximum absolute atomic E-state index is 12.8. The number of nitrogens with zero attached hydrogens (tertiary/aromatic N) is 5. The molecule has 1 N–H and O–H groups in total. The molecule has 0 aromatic rings. The summed E-state index contributed by atoms with van der Waals surface area (Å²) in [4.78, 5) is 49.6. The van der Waals surface area contributed by atoms with Crippen molar-refractivity contribution in [3.63, 3.8) is 0 Å². The lowest BCUT2D eigenvalue weighted by Gasteiger charge is -2.34. The minimum absolute atomic E-state index is 0.204. The molecule has 11 nitrogen and oxygen atoms in total. The number of hydrogen-bond donors (Lipinski definition) is 1. The van der Waals surface area contributed by atoms with Crippen molar-refractivity contribution in [3.8, 4) is 0 Å². The standard InChI is InChI=1S/C32H62N6O5/c1-8-9-14-34-18-19-35(15-10-11-28(39)38-16-12-33-13-17-38)21-23-37(27-30(41)43-32(5,6)7)25-24-36(22-20-34)26-29(40)42-31(2,3)4/h33H,8-27H2,1-7H3. The van der Waals surface area contributed by atoms with Gasteiger partial charge in [0.05, 0.1) is 13.1 Å². The smallest absolute Gasteiger partial charge is 0.320 e. The predicted molar refractivity (Wildman–Crippen MR) is 171 cm³/mol. The molecule has 0 aliphatic carbocycles. The van der Waals surface area contributed by atoms with Gasteiger partial charge in [0.1, 0.15) is 11.2 Å². The van der Waals surface area contributed by atoms with Gasteiger partial charge in [0, 0.05) is 85.0 Å². The van der Waals surface area contributed by atoms with Crippen molar-refractivity contribution in [2.75, 3.05) is 105 Å². The molecule has 0 radical (unpaired) electrons. The van der Waals surface area contributed by atoms with Gasteiger partial charge < -0.3 is 29.5 Å². The van der Waals surface area contributed by atoms with E-state index < -0.39 is 11.2 Å². The summed E-state index contributed by atoms with van der Waals surface area (Å²) < 4.78 is 11.3. The number of ether oxygens (including phenoxy) is 2. The summed E-state index contributed by atoms with van der Waals surface area (Å²) in [6.45, 7) is 25.4. The molecule has 2 fully saturated rings. The quantitative estimate of drug-likeness (QED) is 0.350. The zero-order chi connectivity index (χ0) is 31.9. The van der Waals surface area contributed by atoms with Gasteiger partial charge in [-0.05, 0) is 67.5 Å². The monoisotopic (exact) mass is 610 g/mol. The van der Waals surface area contributed by atoms with Crippen molar-refractivity contribution in [1.29, 1.82) is 0 Å². The molecular formula is C32H62N6O5. The van der Waals surface area contributed by atoms with E-state index in [1.54, 1.807) is 0 Å². The van der Waals surface area contributed by atoms with Crippen molar-refractivity contribution in [1.82, 2.24) is 29.8 Å². The molecule has 2 aliphatic rings. The highest BCUT2D eigenvalue weighted by Crippen LogP contribution is 2.11.